The molecule has 2 aromatic rings. The molecule has 1 fully saturated rings. The summed E-state index contributed by atoms with van der Waals surface area (Å²) in [6.45, 7) is 0. The first kappa shape index (κ1) is 15.5. The third kappa shape index (κ3) is 3.66. The fourth-order valence-corrected chi connectivity index (χ4v) is 3.14. The molecule has 7 heteroatoms. The van der Waals surface area contributed by atoms with Gasteiger partial charge in [0, 0.05) is 30.0 Å². The summed E-state index contributed by atoms with van der Waals surface area (Å²) in [5.41, 5.74) is 1.57. The first-order chi connectivity index (χ1) is 10.8. The van der Waals surface area contributed by atoms with Gasteiger partial charge in [0.1, 0.15) is 0 Å². The average molecular weight is 338 g/mol. The van der Waals surface area contributed by atoms with Crippen LogP contribution in [0.25, 0.3) is 11.3 Å². The third-order valence-corrected chi connectivity index (χ3v) is 4.43. The van der Waals surface area contributed by atoms with Crippen molar-refractivity contribution in [3.8, 4) is 11.3 Å². The van der Waals surface area contributed by atoms with Crippen molar-refractivity contribution in [3.05, 3.63) is 35.7 Å². The molecule has 0 unspecified atom stereocenters. The van der Waals surface area contributed by atoms with Gasteiger partial charge < -0.3 is 5.32 Å². The molecule has 0 spiro atoms. The summed E-state index contributed by atoms with van der Waals surface area (Å²) in [6, 6.07) is 4.43. The Balaban J connectivity index is 1.78. The molecule has 1 aliphatic carbocycles. The summed E-state index contributed by atoms with van der Waals surface area (Å²) in [5.74, 6) is 0.587. The summed E-state index contributed by atoms with van der Waals surface area (Å²) in [5, 5.41) is 3.90. The molecule has 0 amide bonds. The number of halogens is 2. The highest BCUT2D eigenvalue weighted by molar-refractivity contribution is 6.32. The summed E-state index contributed by atoms with van der Waals surface area (Å²) in [7, 11) is 0. The highest BCUT2D eigenvalue weighted by atomic mass is 35.5. The lowest BCUT2D eigenvalue weighted by Gasteiger charge is -2.28. The van der Waals surface area contributed by atoms with E-state index in [1.807, 2.05) is 12.1 Å². The van der Waals surface area contributed by atoms with Crippen molar-refractivity contribution in [2.75, 3.05) is 5.32 Å². The summed E-state index contributed by atoms with van der Waals surface area (Å²) >= 11 is 12.0. The van der Waals surface area contributed by atoms with Crippen molar-refractivity contribution in [3.63, 3.8) is 0 Å². The topological polar surface area (TPSA) is 62.7 Å². The summed E-state index contributed by atoms with van der Waals surface area (Å²) in [4.78, 5) is 15.8. The van der Waals surface area contributed by atoms with Gasteiger partial charge in [-0.1, -0.05) is 11.6 Å². The molecule has 0 aromatic carbocycles. The second-order valence-electron chi connectivity index (χ2n) is 5.45. The van der Waals surface area contributed by atoms with Crippen molar-refractivity contribution in [2.45, 2.75) is 37.8 Å². The largest absolute Gasteiger partial charge is 0.351 e. The normalized spacial score (nSPS) is 21.5. The Morgan fingerprint density at radius 3 is 2.82 bits per heavy atom. The van der Waals surface area contributed by atoms with Gasteiger partial charge in [-0.05, 0) is 49.6 Å². The van der Waals surface area contributed by atoms with Crippen molar-refractivity contribution in [1.29, 1.82) is 0 Å². The molecule has 0 radical (unpaired) electrons. The maximum absolute atomic E-state index is 6.21. The monoisotopic (exact) mass is 337 g/mol. The Kier molecular flexibility index (Phi) is 5.08. The van der Waals surface area contributed by atoms with E-state index in [0.717, 1.165) is 31.2 Å². The maximum Gasteiger partial charge on any atom is 0.223 e. The van der Waals surface area contributed by atoms with Gasteiger partial charge in [-0.3, -0.25) is 4.98 Å². The third-order valence-electron chi connectivity index (χ3n) is 3.84. The van der Waals surface area contributed by atoms with Crippen LogP contribution in [0, 0.1) is 0 Å². The Labute approximate surface area is 139 Å². The number of nitrogens with zero attached hydrogens (tertiary/aromatic N) is 3. The molecule has 5 nitrogen and oxygen atoms in total. The first-order valence-electron chi connectivity index (χ1n) is 7.32. The molecule has 2 aromatic heterocycles. The van der Waals surface area contributed by atoms with Crippen LogP contribution in [-0.2, 0) is 0 Å². The zero-order valence-electron chi connectivity index (χ0n) is 12.0. The second-order valence-corrected chi connectivity index (χ2v) is 6.07. The smallest absolute Gasteiger partial charge is 0.223 e. The van der Waals surface area contributed by atoms with Gasteiger partial charge in [0.2, 0.25) is 5.95 Å². The number of hydrogen-bond donors (Lipinski definition) is 2. The lowest BCUT2D eigenvalue weighted by molar-refractivity contribution is 0.390. The van der Waals surface area contributed by atoms with Crippen LogP contribution < -0.4 is 10.2 Å². The minimum absolute atomic E-state index is 0.313. The van der Waals surface area contributed by atoms with E-state index in [4.69, 9.17) is 23.4 Å². The van der Waals surface area contributed by atoms with E-state index in [9.17, 15) is 0 Å². The second kappa shape index (κ2) is 7.22. The number of hydrogen-bond acceptors (Lipinski definition) is 5. The van der Waals surface area contributed by atoms with Gasteiger partial charge in [0.05, 0.1) is 16.9 Å². The minimum Gasteiger partial charge on any atom is -0.351 e. The van der Waals surface area contributed by atoms with Crippen molar-refractivity contribution >= 4 is 29.3 Å². The Morgan fingerprint density at radius 1 is 1.18 bits per heavy atom. The number of anilines is 1. The van der Waals surface area contributed by atoms with E-state index in [-0.39, 0.29) is 0 Å². The van der Waals surface area contributed by atoms with Gasteiger partial charge in [-0.15, -0.1) is 0 Å². The molecule has 2 N–H and O–H groups in total. The van der Waals surface area contributed by atoms with Crippen LogP contribution in [-0.4, -0.2) is 27.0 Å². The molecule has 0 bridgehead atoms. The number of pyridine rings is 1. The van der Waals surface area contributed by atoms with Crippen LogP contribution in [0.4, 0.5) is 5.95 Å². The molecule has 116 valence electrons. The number of rotatable bonds is 4. The summed E-state index contributed by atoms with van der Waals surface area (Å²) < 4.78 is 0. The van der Waals surface area contributed by atoms with Gasteiger partial charge in [0.15, 0.2) is 0 Å². The molecule has 2 heterocycles. The van der Waals surface area contributed by atoms with E-state index >= 15 is 0 Å². The quantitative estimate of drug-likeness (QED) is 0.833. The number of nitrogens with one attached hydrogen (secondary N) is 2. The number of aromatic nitrogens is 3. The maximum atomic E-state index is 6.21. The predicted molar refractivity (Wildman–Crippen MR) is 88.9 cm³/mol. The zero-order chi connectivity index (χ0) is 15.4. The van der Waals surface area contributed by atoms with Crippen molar-refractivity contribution in [1.82, 2.24) is 19.8 Å². The van der Waals surface area contributed by atoms with E-state index in [1.165, 1.54) is 0 Å². The van der Waals surface area contributed by atoms with E-state index < -0.39 is 0 Å². The lowest BCUT2D eigenvalue weighted by Crippen LogP contribution is -2.35. The molecule has 3 rings (SSSR count). The molecule has 0 aliphatic heterocycles. The SMILES string of the molecule is ClN[C@H]1CCC[C@@H](Nc2ncc(Cl)c(-c3cccnc3)n2)C1. The molecule has 2 atom stereocenters. The molecule has 0 saturated heterocycles. The highest BCUT2D eigenvalue weighted by Gasteiger charge is 2.22. The predicted octanol–water partition coefficient (Wildman–Crippen LogP) is 3.66. The van der Waals surface area contributed by atoms with Crippen molar-refractivity contribution < 1.29 is 0 Å². The fraction of sp³-hybridized carbons (Fsp3) is 0.400. The van der Waals surface area contributed by atoms with Gasteiger partial charge >= 0.3 is 0 Å². The molecular weight excluding hydrogens is 321 g/mol. The van der Waals surface area contributed by atoms with Gasteiger partial charge in [-0.25, -0.2) is 14.8 Å². The minimum atomic E-state index is 0.313. The van der Waals surface area contributed by atoms with Crippen LogP contribution in [0.2, 0.25) is 5.02 Å². The highest BCUT2D eigenvalue weighted by Crippen LogP contribution is 2.27. The van der Waals surface area contributed by atoms with Gasteiger partial charge in [-0.2, -0.15) is 0 Å². The molecule has 1 saturated carbocycles. The summed E-state index contributed by atoms with van der Waals surface area (Å²) in [6.07, 6.45) is 9.36. The van der Waals surface area contributed by atoms with Crippen LogP contribution in [0.3, 0.4) is 0 Å². The lowest BCUT2D eigenvalue weighted by atomic mass is 9.92. The van der Waals surface area contributed by atoms with Gasteiger partial charge in [0.25, 0.3) is 0 Å². The van der Waals surface area contributed by atoms with Crippen LogP contribution >= 0.6 is 23.4 Å². The van der Waals surface area contributed by atoms with Crippen LogP contribution in [0.15, 0.2) is 30.7 Å². The van der Waals surface area contributed by atoms with Crippen LogP contribution in [0.5, 0.6) is 0 Å². The zero-order valence-corrected chi connectivity index (χ0v) is 13.5. The van der Waals surface area contributed by atoms with E-state index in [2.05, 4.69) is 25.1 Å². The van der Waals surface area contributed by atoms with E-state index in [0.29, 0.717) is 28.7 Å². The average Bonchev–Trinajstić information content (AvgIpc) is 2.57. The first-order valence-corrected chi connectivity index (χ1v) is 8.07. The van der Waals surface area contributed by atoms with Crippen molar-refractivity contribution in [2.24, 2.45) is 0 Å². The van der Waals surface area contributed by atoms with Crippen LogP contribution in [0.1, 0.15) is 25.7 Å². The fourth-order valence-electron chi connectivity index (χ4n) is 2.74. The molecule has 1 aliphatic rings. The standard InChI is InChI=1S/C15H17Cl2N5/c16-13-9-19-15(20-11-4-1-5-12(7-11)22-17)21-14(13)10-3-2-6-18-8-10/h2-3,6,8-9,11-12,22H,1,4-5,7H2,(H,19,20,21)/t11-,12+/m1/s1. The molecular formula is C15H17Cl2N5. The Hall–Kier alpha value is -1.43. The Morgan fingerprint density at radius 2 is 2.05 bits per heavy atom. The Bertz CT molecular complexity index is 623. The molecule has 22 heavy (non-hydrogen) atoms. The van der Waals surface area contributed by atoms with E-state index in [1.54, 1.807) is 18.6 Å².